The fourth-order valence-corrected chi connectivity index (χ4v) is 4.12. The number of ether oxygens (including phenoxy) is 2. The molecule has 3 aromatic rings. The number of nitrogens with one attached hydrogen (secondary N) is 2. The van der Waals surface area contributed by atoms with E-state index in [1.165, 1.54) is 11.6 Å². The molecular formula is C26H30FN3O4. The second-order valence-electron chi connectivity index (χ2n) is 8.36. The van der Waals surface area contributed by atoms with E-state index in [1.54, 1.807) is 24.3 Å². The van der Waals surface area contributed by atoms with Crippen molar-refractivity contribution in [2.45, 2.75) is 19.0 Å². The monoisotopic (exact) mass is 467 g/mol. The SMILES string of the molecule is O=C(Nc1cccc(OCCOCCO)c1)N[C@@H]1CCN(Cc2ccc3cc(F)ccc3c2)C1. The summed E-state index contributed by atoms with van der Waals surface area (Å²) in [4.78, 5) is 14.8. The average Bonchev–Trinajstić information content (AvgIpc) is 3.25. The van der Waals surface area contributed by atoms with Gasteiger partial charge in [-0.25, -0.2) is 9.18 Å². The zero-order valence-corrected chi connectivity index (χ0v) is 19.0. The second-order valence-corrected chi connectivity index (χ2v) is 8.36. The van der Waals surface area contributed by atoms with Crippen LogP contribution < -0.4 is 15.4 Å². The van der Waals surface area contributed by atoms with E-state index in [0.717, 1.165) is 36.8 Å². The summed E-state index contributed by atoms with van der Waals surface area (Å²) in [7, 11) is 0. The Bertz CT molecular complexity index is 1110. The Morgan fingerprint density at radius 3 is 2.79 bits per heavy atom. The van der Waals surface area contributed by atoms with E-state index in [1.807, 2.05) is 24.3 Å². The van der Waals surface area contributed by atoms with Crippen molar-refractivity contribution in [1.29, 1.82) is 0 Å². The highest BCUT2D eigenvalue weighted by molar-refractivity contribution is 5.89. The summed E-state index contributed by atoms with van der Waals surface area (Å²) in [6.07, 6.45) is 0.878. The molecule has 3 N–H and O–H groups in total. The van der Waals surface area contributed by atoms with Gasteiger partial charge in [0.25, 0.3) is 0 Å². The molecule has 0 bridgehead atoms. The maximum atomic E-state index is 13.4. The molecule has 7 nitrogen and oxygen atoms in total. The van der Waals surface area contributed by atoms with Gasteiger partial charge >= 0.3 is 6.03 Å². The van der Waals surface area contributed by atoms with E-state index < -0.39 is 0 Å². The van der Waals surface area contributed by atoms with E-state index in [-0.39, 0.29) is 31.1 Å². The number of anilines is 1. The van der Waals surface area contributed by atoms with Crippen LogP contribution >= 0.6 is 0 Å². The van der Waals surface area contributed by atoms with E-state index in [4.69, 9.17) is 14.6 Å². The number of nitrogens with zero attached hydrogens (tertiary/aromatic N) is 1. The van der Waals surface area contributed by atoms with Crippen LogP contribution in [-0.2, 0) is 11.3 Å². The Kier molecular flexibility index (Phi) is 8.30. The lowest BCUT2D eigenvalue weighted by Crippen LogP contribution is -2.39. The second kappa shape index (κ2) is 11.8. The summed E-state index contributed by atoms with van der Waals surface area (Å²) >= 11 is 0. The van der Waals surface area contributed by atoms with Gasteiger partial charge in [0.15, 0.2) is 0 Å². The van der Waals surface area contributed by atoms with Crippen LogP contribution in [0.3, 0.4) is 0 Å². The Balaban J connectivity index is 1.22. The molecule has 0 spiro atoms. The predicted octanol–water partition coefficient (Wildman–Crippen LogP) is 3.76. The van der Waals surface area contributed by atoms with E-state index in [2.05, 4.69) is 21.6 Å². The van der Waals surface area contributed by atoms with Crippen molar-refractivity contribution < 1.29 is 23.8 Å². The van der Waals surface area contributed by atoms with Crippen LogP contribution in [0.25, 0.3) is 10.8 Å². The van der Waals surface area contributed by atoms with Gasteiger partial charge in [0.05, 0.1) is 19.8 Å². The molecule has 3 aromatic carbocycles. The minimum absolute atomic E-state index is 0.0149. The smallest absolute Gasteiger partial charge is 0.319 e. The third-order valence-corrected chi connectivity index (χ3v) is 5.70. The minimum Gasteiger partial charge on any atom is -0.491 e. The standard InChI is InChI=1S/C26H30FN3O4/c27-22-7-6-20-14-19(4-5-21(20)15-22)17-30-9-8-24(18-30)29-26(32)28-23-2-1-3-25(16-23)34-13-12-33-11-10-31/h1-7,14-16,24,31H,8-13,17-18H2,(H2,28,29,32)/t24-/m1/s1. The number of benzene rings is 3. The molecule has 1 aliphatic rings. The third kappa shape index (κ3) is 6.90. The first-order valence-electron chi connectivity index (χ1n) is 11.5. The molecule has 1 heterocycles. The Morgan fingerprint density at radius 1 is 1.06 bits per heavy atom. The molecular weight excluding hydrogens is 437 g/mol. The van der Waals surface area contributed by atoms with E-state index in [0.29, 0.717) is 24.7 Å². The average molecular weight is 468 g/mol. The summed E-state index contributed by atoms with van der Waals surface area (Å²) in [5.41, 5.74) is 1.82. The fourth-order valence-electron chi connectivity index (χ4n) is 4.12. The van der Waals surface area contributed by atoms with Gasteiger partial charge in [-0.1, -0.05) is 24.3 Å². The van der Waals surface area contributed by atoms with Crippen molar-refractivity contribution in [3.8, 4) is 5.75 Å². The van der Waals surface area contributed by atoms with Crippen molar-refractivity contribution in [3.05, 3.63) is 72.0 Å². The van der Waals surface area contributed by atoms with Crippen LogP contribution in [-0.4, -0.2) is 61.6 Å². The number of rotatable bonds is 10. The number of halogens is 1. The van der Waals surface area contributed by atoms with Crippen LogP contribution in [0.2, 0.25) is 0 Å². The largest absolute Gasteiger partial charge is 0.491 e. The number of urea groups is 1. The molecule has 1 fully saturated rings. The lowest BCUT2D eigenvalue weighted by molar-refractivity contribution is 0.0705. The predicted molar refractivity (Wildman–Crippen MR) is 130 cm³/mol. The Morgan fingerprint density at radius 2 is 1.91 bits per heavy atom. The number of hydrogen-bond acceptors (Lipinski definition) is 5. The Labute approximate surface area is 198 Å². The molecule has 2 amide bonds. The number of likely N-dealkylation sites (tertiary alicyclic amines) is 1. The molecule has 34 heavy (non-hydrogen) atoms. The molecule has 0 aliphatic carbocycles. The van der Waals surface area contributed by atoms with Gasteiger partial charge in [-0.3, -0.25) is 4.90 Å². The maximum Gasteiger partial charge on any atom is 0.319 e. The number of hydrogen-bond donors (Lipinski definition) is 3. The molecule has 1 saturated heterocycles. The molecule has 180 valence electrons. The summed E-state index contributed by atoms with van der Waals surface area (Å²) < 4.78 is 24.2. The van der Waals surface area contributed by atoms with Gasteiger partial charge in [-0.05, 0) is 53.1 Å². The van der Waals surface area contributed by atoms with Crippen LogP contribution in [0, 0.1) is 5.82 Å². The first kappa shape index (κ1) is 23.9. The highest BCUT2D eigenvalue weighted by Crippen LogP contribution is 2.21. The number of carbonyl (C=O) groups excluding carboxylic acids is 1. The molecule has 4 rings (SSSR count). The topological polar surface area (TPSA) is 83.1 Å². The van der Waals surface area contributed by atoms with E-state index >= 15 is 0 Å². The van der Waals surface area contributed by atoms with Crippen LogP contribution in [0.5, 0.6) is 5.75 Å². The normalized spacial score (nSPS) is 16.0. The highest BCUT2D eigenvalue weighted by Gasteiger charge is 2.24. The van der Waals surface area contributed by atoms with Gasteiger partial charge < -0.3 is 25.2 Å². The van der Waals surface area contributed by atoms with Gasteiger partial charge in [0.2, 0.25) is 0 Å². The van der Waals surface area contributed by atoms with Crippen LogP contribution in [0.1, 0.15) is 12.0 Å². The summed E-state index contributed by atoms with van der Waals surface area (Å²) in [6, 6.07) is 17.9. The molecule has 8 heteroatoms. The van der Waals surface area contributed by atoms with Gasteiger partial charge in [0.1, 0.15) is 18.2 Å². The lowest BCUT2D eigenvalue weighted by atomic mass is 10.1. The number of fused-ring (bicyclic) bond motifs is 1. The van der Waals surface area contributed by atoms with Crippen molar-refractivity contribution in [2.75, 3.05) is 44.8 Å². The summed E-state index contributed by atoms with van der Waals surface area (Å²) in [5, 5.41) is 16.5. The molecule has 1 aliphatic heterocycles. The molecule has 0 aromatic heterocycles. The summed E-state index contributed by atoms with van der Waals surface area (Å²) in [6.45, 7) is 3.47. The minimum atomic E-state index is -0.247. The van der Waals surface area contributed by atoms with Crippen LogP contribution in [0.4, 0.5) is 14.9 Å². The summed E-state index contributed by atoms with van der Waals surface area (Å²) in [5.74, 6) is 0.408. The number of carbonyl (C=O) groups is 1. The Hall–Kier alpha value is -3.20. The lowest BCUT2D eigenvalue weighted by Gasteiger charge is -2.17. The first-order valence-corrected chi connectivity index (χ1v) is 11.5. The van der Waals surface area contributed by atoms with Crippen LogP contribution in [0.15, 0.2) is 60.7 Å². The number of amides is 2. The number of aliphatic hydroxyl groups excluding tert-OH is 1. The quantitative estimate of drug-likeness (QED) is 0.396. The van der Waals surface area contributed by atoms with Gasteiger partial charge in [0, 0.05) is 37.4 Å². The number of aliphatic hydroxyl groups is 1. The molecule has 0 unspecified atom stereocenters. The highest BCUT2D eigenvalue weighted by atomic mass is 19.1. The zero-order valence-electron chi connectivity index (χ0n) is 19.0. The van der Waals surface area contributed by atoms with Crippen molar-refractivity contribution >= 4 is 22.5 Å². The third-order valence-electron chi connectivity index (χ3n) is 5.70. The molecule has 1 atom stereocenters. The maximum absolute atomic E-state index is 13.4. The van der Waals surface area contributed by atoms with Crippen molar-refractivity contribution in [2.24, 2.45) is 0 Å². The molecule has 0 radical (unpaired) electrons. The van der Waals surface area contributed by atoms with Crippen molar-refractivity contribution in [3.63, 3.8) is 0 Å². The molecule has 0 saturated carbocycles. The van der Waals surface area contributed by atoms with Gasteiger partial charge in [-0.15, -0.1) is 0 Å². The fraction of sp³-hybridized carbons (Fsp3) is 0.346. The van der Waals surface area contributed by atoms with E-state index in [9.17, 15) is 9.18 Å². The zero-order chi connectivity index (χ0) is 23.8. The van der Waals surface area contributed by atoms with Crippen molar-refractivity contribution in [1.82, 2.24) is 10.2 Å². The first-order chi connectivity index (χ1) is 16.6. The van der Waals surface area contributed by atoms with Gasteiger partial charge in [-0.2, -0.15) is 0 Å².